The fourth-order valence-corrected chi connectivity index (χ4v) is 4.07. The molecule has 1 aliphatic rings. The second-order valence-corrected chi connectivity index (χ2v) is 7.96. The lowest BCUT2D eigenvalue weighted by Crippen LogP contribution is -2.55. The number of rotatable bonds is 9. The molecule has 0 spiro atoms. The summed E-state index contributed by atoms with van der Waals surface area (Å²) >= 11 is 0. The zero-order chi connectivity index (χ0) is 24.2. The van der Waals surface area contributed by atoms with Crippen LogP contribution in [0.4, 0.5) is 14.5 Å². The molecule has 1 saturated heterocycles. The molecule has 0 unspecified atom stereocenters. The normalized spacial score (nSPS) is 17.2. The molecule has 1 heterocycles. The third kappa shape index (κ3) is 4.96. The smallest absolute Gasteiger partial charge is 0.341 e. The summed E-state index contributed by atoms with van der Waals surface area (Å²) in [6.45, 7) is -0.475. The minimum absolute atomic E-state index is 0.107. The van der Waals surface area contributed by atoms with Gasteiger partial charge in [-0.15, -0.1) is 0 Å². The van der Waals surface area contributed by atoms with Crippen molar-refractivity contribution in [2.45, 2.75) is 18.9 Å². The second-order valence-electron chi connectivity index (χ2n) is 7.96. The van der Waals surface area contributed by atoms with E-state index in [0.29, 0.717) is 17.0 Å². The van der Waals surface area contributed by atoms with Crippen LogP contribution in [0.2, 0.25) is 0 Å². The summed E-state index contributed by atoms with van der Waals surface area (Å²) in [5.74, 6) is -2.44. The van der Waals surface area contributed by atoms with Crippen molar-refractivity contribution in [3.05, 3.63) is 95.6 Å². The van der Waals surface area contributed by atoms with Crippen LogP contribution in [-0.2, 0) is 9.59 Å². The summed E-state index contributed by atoms with van der Waals surface area (Å²) in [4.78, 5) is 37.9. The highest BCUT2D eigenvalue weighted by Crippen LogP contribution is 2.46. The number of amides is 1. The van der Waals surface area contributed by atoms with Crippen LogP contribution in [0.1, 0.15) is 34.8 Å². The van der Waals surface area contributed by atoms with Crippen molar-refractivity contribution in [3.8, 4) is 5.75 Å². The minimum Gasteiger partial charge on any atom is -0.482 e. The molecule has 1 amide bonds. The van der Waals surface area contributed by atoms with Crippen LogP contribution < -0.4 is 9.64 Å². The van der Waals surface area contributed by atoms with E-state index in [0.717, 1.165) is 5.56 Å². The number of ketones is 1. The zero-order valence-electron chi connectivity index (χ0n) is 18.0. The van der Waals surface area contributed by atoms with Crippen molar-refractivity contribution >= 4 is 23.3 Å². The lowest BCUT2D eigenvalue weighted by molar-refractivity contribution is -0.139. The highest BCUT2D eigenvalue weighted by Gasteiger charge is 2.48. The van der Waals surface area contributed by atoms with Crippen molar-refractivity contribution in [3.63, 3.8) is 0 Å². The van der Waals surface area contributed by atoms with Gasteiger partial charge in [0, 0.05) is 17.7 Å². The SMILES string of the molecule is O=C(O)COc1ccc([C@@H]2[C@@H](CCC(=O)c3ccc(F)cc3)C(=O)N2c2ccc(F)cc2)cc1. The summed E-state index contributed by atoms with van der Waals surface area (Å²) in [6, 6.07) is 17.2. The molecular weight excluding hydrogens is 444 g/mol. The predicted molar refractivity (Wildman–Crippen MR) is 120 cm³/mol. The van der Waals surface area contributed by atoms with E-state index in [-0.39, 0.29) is 24.5 Å². The van der Waals surface area contributed by atoms with Crippen LogP contribution in [0.25, 0.3) is 0 Å². The van der Waals surface area contributed by atoms with E-state index in [9.17, 15) is 23.2 Å². The van der Waals surface area contributed by atoms with Gasteiger partial charge in [0.1, 0.15) is 17.4 Å². The highest BCUT2D eigenvalue weighted by atomic mass is 19.1. The Morgan fingerprint density at radius 1 is 0.882 bits per heavy atom. The topological polar surface area (TPSA) is 83.9 Å². The first-order valence-electron chi connectivity index (χ1n) is 10.7. The molecule has 4 rings (SSSR count). The minimum atomic E-state index is -1.10. The number of hydrogen-bond acceptors (Lipinski definition) is 4. The fourth-order valence-electron chi connectivity index (χ4n) is 4.07. The van der Waals surface area contributed by atoms with Gasteiger partial charge in [0.25, 0.3) is 0 Å². The van der Waals surface area contributed by atoms with Crippen LogP contribution in [0, 0.1) is 17.6 Å². The van der Waals surface area contributed by atoms with Gasteiger partial charge in [0.15, 0.2) is 12.4 Å². The fraction of sp³-hybridized carbons (Fsp3) is 0.192. The predicted octanol–water partition coefficient (Wildman–Crippen LogP) is 4.80. The Kier molecular flexibility index (Phi) is 6.67. The van der Waals surface area contributed by atoms with Gasteiger partial charge in [0.05, 0.1) is 12.0 Å². The molecule has 3 aromatic rings. The summed E-state index contributed by atoms with van der Waals surface area (Å²) < 4.78 is 31.7. The third-order valence-electron chi connectivity index (χ3n) is 5.75. The number of hydrogen-bond donors (Lipinski definition) is 1. The Bertz CT molecular complexity index is 1190. The zero-order valence-corrected chi connectivity index (χ0v) is 18.0. The molecule has 8 heteroatoms. The largest absolute Gasteiger partial charge is 0.482 e. The van der Waals surface area contributed by atoms with E-state index >= 15 is 0 Å². The number of halogens is 2. The van der Waals surface area contributed by atoms with Crippen LogP contribution in [0.3, 0.4) is 0 Å². The van der Waals surface area contributed by atoms with E-state index in [2.05, 4.69) is 0 Å². The van der Waals surface area contributed by atoms with Crippen LogP contribution in [0.5, 0.6) is 5.75 Å². The Morgan fingerprint density at radius 2 is 1.47 bits per heavy atom. The summed E-state index contributed by atoms with van der Waals surface area (Å²) in [7, 11) is 0. The second kappa shape index (κ2) is 9.82. The number of anilines is 1. The van der Waals surface area contributed by atoms with Gasteiger partial charge in [-0.3, -0.25) is 9.59 Å². The lowest BCUT2D eigenvalue weighted by atomic mass is 9.78. The number of benzene rings is 3. The van der Waals surface area contributed by atoms with Crippen molar-refractivity contribution in [2.24, 2.45) is 5.92 Å². The number of carbonyl (C=O) groups is 3. The maximum atomic E-state index is 13.4. The number of β-lactam (4-membered cyclic amide) rings is 1. The van der Waals surface area contributed by atoms with E-state index < -0.39 is 36.2 Å². The van der Waals surface area contributed by atoms with Gasteiger partial charge >= 0.3 is 5.97 Å². The molecule has 174 valence electrons. The quantitative estimate of drug-likeness (QED) is 0.363. The lowest BCUT2D eigenvalue weighted by Gasteiger charge is -2.47. The molecule has 2 atom stereocenters. The summed E-state index contributed by atoms with van der Waals surface area (Å²) in [5, 5.41) is 8.77. The first-order chi connectivity index (χ1) is 16.3. The Hall–Kier alpha value is -4.07. The molecule has 3 aromatic carbocycles. The molecule has 6 nitrogen and oxygen atoms in total. The van der Waals surface area contributed by atoms with Crippen molar-refractivity contribution < 1.29 is 33.0 Å². The van der Waals surface area contributed by atoms with Crippen molar-refractivity contribution in [1.29, 1.82) is 0 Å². The maximum Gasteiger partial charge on any atom is 0.341 e. The van der Waals surface area contributed by atoms with Crippen molar-refractivity contribution in [2.75, 3.05) is 11.5 Å². The first-order valence-corrected chi connectivity index (χ1v) is 10.7. The van der Waals surface area contributed by atoms with E-state index in [1.54, 1.807) is 29.2 Å². The molecule has 1 aliphatic heterocycles. The van der Waals surface area contributed by atoms with Crippen LogP contribution in [0.15, 0.2) is 72.8 Å². The number of carboxylic acid groups (broad SMARTS) is 1. The van der Waals surface area contributed by atoms with Gasteiger partial charge in [-0.1, -0.05) is 12.1 Å². The van der Waals surface area contributed by atoms with E-state index in [1.807, 2.05) is 0 Å². The average Bonchev–Trinajstić information content (AvgIpc) is 2.83. The molecule has 0 aliphatic carbocycles. The maximum absolute atomic E-state index is 13.4. The Balaban J connectivity index is 1.54. The number of nitrogens with zero attached hydrogens (tertiary/aromatic N) is 1. The number of ether oxygens (including phenoxy) is 1. The van der Waals surface area contributed by atoms with E-state index in [1.165, 1.54) is 48.5 Å². The number of Topliss-reactive ketones (excluding diaryl/α,β-unsaturated/α-hetero) is 1. The third-order valence-corrected chi connectivity index (χ3v) is 5.75. The molecular formula is C26H21F2NO5. The monoisotopic (exact) mass is 465 g/mol. The number of carboxylic acids is 1. The van der Waals surface area contributed by atoms with Crippen LogP contribution in [-0.4, -0.2) is 29.4 Å². The van der Waals surface area contributed by atoms with Crippen LogP contribution >= 0.6 is 0 Å². The van der Waals surface area contributed by atoms with E-state index in [4.69, 9.17) is 9.84 Å². The number of carbonyl (C=O) groups excluding carboxylic acids is 2. The Labute approximate surface area is 194 Å². The van der Waals surface area contributed by atoms with Crippen molar-refractivity contribution in [1.82, 2.24) is 0 Å². The van der Waals surface area contributed by atoms with Gasteiger partial charge in [-0.2, -0.15) is 0 Å². The van der Waals surface area contributed by atoms with Gasteiger partial charge < -0.3 is 14.7 Å². The molecule has 0 aromatic heterocycles. The molecule has 0 bridgehead atoms. The molecule has 1 fully saturated rings. The Morgan fingerprint density at radius 3 is 2.06 bits per heavy atom. The molecule has 0 saturated carbocycles. The summed E-state index contributed by atoms with van der Waals surface area (Å²) in [6.07, 6.45) is 0.393. The summed E-state index contributed by atoms with van der Waals surface area (Å²) in [5.41, 5.74) is 1.68. The molecule has 34 heavy (non-hydrogen) atoms. The standard InChI is InChI=1S/C26H21F2NO5/c27-18-5-1-16(2-6-18)23(30)14-13-22-25(17-3-11-21(12-4-17)34-15-24(31)32)29(26(22)33)20-9-7-19(28)8-10-20/h1-12,22,25H,13-15H2,(H,31,32)/t22-,25-/m1/s1. The highest BCUT2D eigenvalue weighted by molar-refractivity contribution is 6.04. The average molecular weight is 465 g/mol. The van der Waals surface area contributed by atoms with Gasteiger partial charge in [0.2, 0.25) is 5.91 Å². The molecule has 1 N–H and O–H groups in total. The van der Waals surface area contributed by atoms with Gasteiger partial charge in [-0.05, 0) is 72.6 Å². The van der Waals surface area contributed by atoms with Gasteiger partial charge in [-0.25, -0.2) is 13.6 Å². The first kappa shape index (κ1) is 23.1. The molecule has 0 radical (unpaired) electrons. The number of aliphatic carboxylic acids is 1.